The molecule has 0 aromatic heterocycles. The molecule has 0 saturated heterocycles. The Morgan fingerprint density at radius 1 is 0.903 bits per heavy atom. The Morgan fingerprint density at radius 3 is 1.87 bits per heavy atom. The van der Waals surface area contributed by atoms with Gasteiger partial charge >= 0.3 is 6.09 Å². The summed E-state index contributed by atoms with van der Waals surface area (Å²) >= 11 is 0. The van der Waals surface area contributed by atoms with Gasteiger partial charge in [0.05, 0.1) is 23.6 Å². The average Bonchev–Trinajstić information content (AvgIpc) is 2.75. The van der Waals surface area contributed by atoms with Gasteiger partial charge in [-0.2, -0.15) is 5.06 Å². The van der Waals surface area contributed by atoms with E-state index in [1.54, 1.807) is 18.2 Å². The van der Waals surface area contributed by atoms with Crippen LogP contribution in [0.3, 0.4) is 0 Å². The molecule has 0 aliphatic carbocycles. The van der Waals surface area contributed by atoms with Crippen LogP contribution in [-0.4, -0.2) is 27.8 Å². The molecule has 0 spiro atoms. The van der Waals surface area contributed by atoms with E-state index in [-0.39, 0.29) is 12.2 Å². The van der Waals surface area contributed by atoms with E-state index in [2.05, 4.69) is 6.92 Å². The summed E-state index contributed by atoms with van der Waals surface area (Å²) in [4.78, 5) is 27.3. The van der Waals surface area contributed by atoms with Gasteiger partial charge in [-0.25, -0.2) is 4.79 Å². The number of nitrogens with zero attached hydrogens (tertiary/aromatic N) is 2. The standard InChI is InChI=1S/C24H40N2O5/c1-2-3-4-5-6-7-8-9-10-11-12-13-14-17-20-31-25(24(27)28)21-22-18-15-16-19-23(22)26(29)30/h15-16,18-19H,2-14,17,20-21H2,1H3,(H,27,28). The van der Waals surface area contributed by atoms with Crippen LogP contribution in [0, 0.1) is 10.1 Å². The Kier molecular flexibility index (Phi) is 15.2. The first-order valence-electron chi connectivity index (χ1n) is 11.9. The summed E-state index contributed by atoms with van der Waals surface area (Å²) in [6.07, 6.45) is 16.3. The lowest BCUT2D eigenvalue weighted by Crippen LogP contribution is -2.29. The number of rotatable bonds is 19. The number of benzene rings is 1. The van der Waals surface area contributed by atoms with Gasteiger partial charge in [0, 0.05) is 6.07 Å². The van der Waals surface area contributed by atoms with Gasteiger partial charge in [-0.05, 0) is 6.42 Å². The summed E-state index contributed by atoms with van der Waals surface area (Å²) in [7, 11) is 0. The van der Waals surface area contributed by atoms with Crippen molar-refractivity contribution in [2.45, 2.75) is 103 Å². The molecule has 7 heteroatoms. The molecule has 0 radical (unpaired) electrons. The van der Waals surface area contributed by atoms with Crippen LogP contribution in [-0.2, 0) is 11.4 Å². The predicted molar refractivity (Wildman–Crippen MR) is 123 cm³/mol. The van der Waals surface area contributed by atoms with Crippen LogP contribution in [0.1, 0.15) is 102 Å². The van der Waals surface area contributed by atoms with Crippen molar-refractivity contribution in [2.24, 2.45) is 0 Å². The monoisotopic (exact) mass is 436 g/mol. The third-order valence-corrected chi connectivity index (χ3v) is 5.46. The minimum atomic E-state index is -1.25. The topological polar surface area (TPSA) is 92.9 Å². The summed E-state index contributed by atoms with van der Waals surface area (Å²) < 4.78 is 0. The number of carbonyl (C=O) groups is 1. The molecule has 0 saturated carbocycles. The number of nitro groups is 1. The Labute approximate surface area is 186 Å². The highest BCUT2D eigenvalue weighted by molar-refractivity contribution is 5.64. The van der Waals surface area contributed by atoms with E-state index in [4.69, 9.17) is 4.84 Å². The lowest BCUT2D eigenvalue weighted by atomic mass is 10.0. The van der Waals surface area contributed by atoms with E-state index >= 15 is 0 Å². The van der Waals surface area contributed by atoms with Gasteiger partial charge < -0.3 is 5.11 Å². The van der Waals surface area contributed by atoms with Crippen molar-refractivity contribution < 1.29 is 19.7 Å². The SMILES string of the molecule is CCCCCCCCCCCCCCCCON(Cc1ccccc1[N+](=O)[O-])C(=O)O. The third-order valence-electron chi connectivity index (χ3n) is 5.46. The second-order valence-corrected chi connectivity index (χ2v) is 8.13. The lowest BCUT2D eigenvalue weighted by Gasteiger charge is -2.18. The van der Waals surface area contributed by atoms with E-state index in [0.29, 0.717) is 12.2 Å². The van der Waals surface area contributed by atoms with Gasteiger partial charge in [0.2, 0.25) is 0 Å². The molecule has 31 heavy (non-hydrogen) atoms. The number of hydrogen-bond acceptors (Lipinski definition) is 4. The zero-order valence-electron chi connectivity index (χ0n) is 19.1. The van der Waals surface area contributed by atoms with E-state index < -0.39 is 11.0 Å². The maximum atomic E-state index is 11.4. The number of hydroxylamine groups is 2. The van der Waals surface area contributed by atoms with Crippen molar-refractivity contribution in [1.29, 1.82) is 0 Å². The van der Waals surface area contributed by atoms with Crippen LogP contribution in [0.2, 0.25) is 0 Å². The molecule has 0 bridgehead atoms. The quantitative estimate of drug-likeness (QED) is 0.138. The molecule has 0 aliphatic rings. The van der Waals surface area contributed by atoms with Crippen molar-refractivity contribution in [2.75, 3.05) is 6.61 Å². The van der Waals surface area contributed by atoms with Gasteiger partial charge in [0.1, 0.15) is 0 Å². The van der Waals surface area contributed by atoms with Gasteiger partial charge in [-0.3, -0.25) is 15.0 Å². The van der Waals surface area contributed by atoms with Gasteiger partial charge in [0.25, 0.3) is 5.69 Å². The summed E-state index contributed by atoms with van der Waals surface area (Å²) in [5.74, 6) is 0. The third kappa shape index (κ3) is 13.0. The van der Waals surface area contributed by atoms with Gasteiger partial charge in [-0.1, -0.05) is 109 Å². The predicted octanol–water partition coefficient (Wildman–Crippen LogP) is 7.49. The van der Waals surface area contributed by atoms with Crippen molar-refractivity contribution in [3.63, 3.8) is 0 Å². The van der Waals surface area contributed by atoms with Crippen molar-refractivity contribution in [3.8, 4) is 0 Å². The zero-order chi connectivity index (χ0) is 22.7. The largest absolute Gasteiger partial charge is 0.463 e. The summed E-state index contributed by atoms with van der Waals surface area (Å²) in [5, 5.41) is 21.2. The summed E-state index contributed by atoms with van der Waals surface area (Å²) in [5.41, 5.74) is 0.213. The van der Waals surface area contributed by atoms with E-state index in [9.17, 15) is 20.0 Å². The van der Waals surface area contributed by atoms with Crippen LogP contribution in [0.25, 0.3) is 0 Å². The fourth-order valence-corrected chi connectivity index (χ4v) is 3.62. The maximum absolute atomic E-state index is 11.4. The number of para-hydroxylation sites is 1. The smallest absolute Gasteiger partial charge is 0.431 e. The molecule has 0 aliphatic heterocycles. The van der Waals surface area contributed by atoms with Crippen LogP contribution < -0.4 is 0 Å². The molecule has 0 heterocycles. The number of nitro benzene ring substituents is 1. The molecule has 1 rings (SSSR count). The Morgan fingerprint density at radius 2 is 1.39 bits per heavy atom. The molecular weight excluding hydrogens is 396 g/mol. The number of amides is 1. The Hall–Kier alpha value is -2.15. The van der Waals surface area contributed by atoms with E-state index in [1.165, 1.54) is 76.7 Å². The zero-order valence-corrected chi connectivity index (χ0v) is 19.1. The Bertz CT molecular complexity index is 624. The minimum absolute atomic E-state index is 0.103. The molecule has 1 aromatic rings. The minimum Gasteiger partial charge on any atom is -0.463 e. The maximum Gasteiger partial charge on any atom is 0.431 e. The highest BCUT2D eigenvalue weighted by Gasteiger charge is 2.19. The second-order valence-electron chi connectivity index (χ2n) is 8.13. The fraction of sp³-hybridized carbons (Fsp3) is 0.708. The van der Waals surface area contributed by atoms with E-state index in [0.717, 1.165) is 24.3 Å². The summed E-state index contributed by atoms with van der Waals surface area (Å²) in [6.45, 7) is 2.38. The lowest BCUT2D eigenvalue weighted by molar-refractivity contribution is -0.386. The van der Waals surface area contributed by atoms with Crippen LogP contribution in [0.15, 0.2) is 24.3 Å². The molecule has 7 nitrogen and oxygen atoms in total. The molecule has 0 unspecified atom stereocenters. The fourth-order valence-electron chi connectivity index (χ4n) is 3.62. The van der Waals surface area contributed by atoms with Crippen LogP contribution in [0.5, 0.6) is 0 Å². The van der Waals surface area contributed by atoms with Crippen molar-refractivity contribution >= 4 is 11.8 Å². The van der Waals surface area contributed by atoms with Gasteiger partial charge in [0.15, 0.2) is 0 Å². The normalized spacial score (nSPS) is 10.9. The van der Waals surface area contributed by atoms with Gasteiger partial charge in [-0.15, -0.1) is 0 Å². The molecule has 0 atom stereocenters. The first kappa shape index (κ1) is 26.9. The van der Waals surface area contributed by atoms with Crippen molar-refractivity contribution in [3.05, 3.63) is 39.9 Å². The molecule has 1 N–H and O–H groups in total. The number of unbranched alkanes of at least 4 members (excludes halogenated alkanes) is 13. The highest BCUT2D eigenvalue weighted by Crippen LogP contribution is 2.20. The molecular formula is C24H40N2O5. The van der Waals surface area contributed by atoms with Crippen molar-refractivity contribution in [1.82, 2.24) is 5.06 Å². The first-order valence-corrected chi connectivity index (χ1v) is 11.9. The molecule has 176 valence electrons. The second kappa shape index (κ2) is 17.5. The molecule has 0 fully saturated rings. The molecule has 1 aromatic carbocycles. The van der Waals surface area contributed by atoms with Crippen LogP contribution >= 0.6 is 0 Å². The number of carboxylic acid groups (broad SMARTS) is 1. The average molecular weight is 437 g/mol. The summed E-state index contributed by atoms with van der Waals surface area (Å²) in [6, 6.07) is 6.12. The Balaban J connectivity index is 2.07. The first-order chi connectivity index (χ1) is 15.1. The highest BCUT2D eigenvalue weighted by atomic mass is 16.7. The van der Waals surface area contributed by atoms with E-state index in [1.807, 2.05) is 0 Å². The van der Waals surface area contributed by atoms with Crippen LogP contribution in [0.4, 0.5) is 10.5 Å². The molecule has 1 amide bonds. The number of hydrogen-bond donors (Lipinski definition) is 1.